The summed E-state index contributed by atoms with van der Waals surface area (Å²) in [6.07, 6.45) is 1.49. The van der Waals surface area contributed by atoms with E-state index in [9.17, 15) is 9.59 Å². The zero-order valence-corrected chi connectivity index (χ0v) is 13.0. The maximum atomic E-state index is 12.1. The zero-order chi connectivity index (χ0) is 16.8. The molecule has 0 spiro atoms. The number of amides is 1. The monoisotopic (exact) mass is 317 g/mol. The van der Waals surface area contributed by atoms with Crippen LogP contribution in [-0.2, 0) is 11.3 Å². The van der Waals surface area contributed by atoms with Crippen molar-refractivity contribution in [1.82, 2.24) is 9.78 Å². The summed E-state index contributed by atoms with van der Waals surface area (Å²) in [5.41, 5.74) is 0.467. The number of carboxylic acids is 1. The maximum absolute atomic E-state index is 12.1. The molecule has 7 nitrogen and oxygen atoms in total. The largest absolute Gasteiger partial charge is 0.493 e. The number of aliphatic carboxylic acids is 1. The van der Waals surface area contributed by atoms with Crippen molar-refractivity contribution in [3.63, 3.8) is 0 Å². The minimum absolute atomic E-state index is 0.252. The lowest BCUT2D eigenvalue weighted by molar-refractivity contribution is -0.137. The SMILES string of the molecule is CC(C)COc1ccc(C(=O)Nc2ccn(CC(=O)O)n2)cc1. The second-order valence-corrected chi connectivity index (χ2v) is 5.48. The quantitative estimate of drug-likeness (QED) is 0.817. The smallest absolute Gasteiger partial charge is 0.325 e. The predicted octanol–water partition coefficient (Wildman–Crippen LogP) is 2.25. The van der Waals surface area contributed by atoms with E-state index in [-0.39, 0.29) is 12.5 Å². The number of benzene rings is 1. The fourth-order valence-corrected chi connectivity index (χ4v) is 1.81. The summed E-state index contributed by atoms with van der Waals surface area (Å²) in [6, 6.07) is 8.35. The van der Waals surface area contributed by atoms with Crippen LogP contribution in [0.25, 0.3) is 0 Å². The van der Waals surface area contributed by atoms with Crippen LogP contribution in [0.2, 0.25) is 0 Å². The van der Waals surface area contributed by atoms with E-state index in [1.54, 1.807) is 30.3 Å². The van der Waals surface area contributed by atoms with E-state index in [0.717, 1.165) is 0 Å². The van der Waals surface area contributed by atoms with E-state index in [1.165, 1.54) is 10.9 Å². The topological polar surface area (TPSA) is 93.5 Å². The lowest BCUT2D eigenvalue weighted by Gasteiger charge is -2.09. The summed E-state index contributed by atoms with van der Waals surface area (Å²) in [5.74, 6) is 0.125. The molecule has 0 radical (unpaired) electrons. The van der Waals surface area contributed by atoms with Gasteiger partial charge in [0, 0.05) is 17.8 Å². The minimum Gasteiger partial charge on any atom is -0.493 e. The number of nitrogens with zero attached hydrogens (tertiary/aromatic N) is 2. The van der Waals surface area contributed by atoms with E-state index in [1.807, 2.05) is 0 Å². The molecule has 1 aromatic carbocycles. The number of hydrogen-bond donors (Lipinski definition) is 2. The van der Waals surface area contributed by atoms with Crippen molar-refractivity contribution < 1.29 is 19.4 Å². The van der Waals surface area contributed by atoms with Crippen molar-refractivity contribution >= 4 is 17.7 Å². The number of carbonyl (C=O) groups excluding carboxylic acids is 1. The van der Waals surface area contributed by atoms with Crippen LogP contribution in [0.15, 0.2) is 36.5 Å². The van der Waals surface area contributed by atoms with E-state index in [2.05, 4.69) is 24.3 Å². The normalized spacial score (nSPS) is 10.6. The van der Waals surface area contributed by atoms with Crippen LogP contribution in [0, 0.1) is 5.92 Å². The van der Waals surface area contributed by atoms with Crippen LogP contribution in [0.4, 0.5) is 5.82 Å². The fourth-order valence-electron chi connectivity index (χ4n) is 1.81. The summed E-state index contributed by atoms with van der Waals surface area (Å²) in [6.45, 7) is 4.49. The number of anilines is 1. The van der Waals surface area contributed by atoms with Gasteiger partial charge in [-0.3, -0.25) is 14.3 Å². The van der Waals surface area contributed by atoms with Gasteiger partial charge in [0.25, 0.3) is 5.91 Å². The molecule has 23 heavy (non-hydrogen) atoms. The number of carboxylic acid groups (broad SMARTS) is 1. The van der Waals surface area contributed by atoms with E-state index < -0.39 is 5.97 Å². The number of rotatable bonds is 7. The fraction of sp³-hybridized carbons (Fsp3) is 0.312. The summed E-state index contributed by atoms with van der Waals surface area (Å²) in [5, 5.41) is 15.3. The number of carbonyl (C=O) groups is 2. The van der Waals surface area contributed by atoms with Crippen LogP contribution in [0.3, 0.4) is 0 Å². The van der Waals surface area contributed by atoms with Crippen molar-refractivity contribution in [3.8, 4) is 5.75 Å². The van der Waals surface area contributed by atoms with Gasteiger partial charge in [-0.05, 0) is 30.2 Å². The van der Waals surface area contributed by atoms with Gasteiger partial charge in [0.05, 0.1) is 6.61 Å². The molecule has 0 aliphatic heterocycles. The maximum Gasteiger partial charge on any atom is 0.325 e. The molecule has 0 fully saturated rings. The average molecular weight is 317 g/mol. The van der Waals surface area contributed by atoms with E-state index in [0.29, 0.717) is 29.7 Å². The Morgan fingerprint density at radius 3 is 2.57 bits per heavy atom. The van der Waals surface area contributed by atoms with Crippen molar-refractivity contribution in [1.29, 1.82) is 0 Å². The van der Waals surface area contributed by atoms with Crippen molar-refractivity contribution in [2.24, 2.45) is 5.92 Å². The molecule has 122 valence electrons. The molecule has 0 unspecified atom stereocenters. The highest BCUT2D eigenvalue weighted by Gasteiger charge is 2.09. The molecule has 1 amide bonds. The molecule has 1 aromatic heterocycles. The predicted molar refractivity (Wildman–Crippen MR) is 84.6 cm³/mol. The Bertz CT molecular complexity index is 677. The molecule has 2 aromatic rings. The third kappa shape index (κ3) is 5.14. The van der Waals surface area contributed by atoms with Crippen LogP contribution < -0.4 is 10.1 Å². The molecule has 0 bridgehead atoms. The van der Waals surface area contributed by atoms with Gasteiger partial charge in [-0.2, -0.15) is 5.10 Å². The first kappa shape index (κ1) is 16.5. The van der Waals surface area contributed by atoms with Gasteiger partial charge in [0.2, 0.25) is 0 Å². The average Bonchev–Trinajstić information content (AvgIpc) is 2.91. The van der Waals surface area contributed by atoms with Gasteiger partial charge in [-0.1, -0.05) is 13.8 Å². The van der Waals surface area contributed by atoms with Gasteiger partial charge in [0.15, 0.2) is 5.82 Å². The first-order chi connectivity index (χ1) is 10.9. The highest BCUT2D eigenvalue weighted by Crippen LogP contribution is 2.14. The third-order valence-corrected chi connectivity index (χ3v) is 2.88. The molecule has 1 heterocycles. The Morgan fingerprint density at radius 2 is 1.96 bits per heavy atom. The lowest BCUT2D eigenvalue weighted by atomic mass is 10.2. The second-order valence-electron chi connectivity index (χ2n) is 5.48. The molecular formula is C16H19N3O4. The van der Waals surface area contributed by atoms with Gasteiger partial charge in [-0.15, -0.1) is 0 Å². The van der Waals surface area contributed by atoms with Crippen molar-refractivity contribution in [2.75, 3.05) is 11.9 Å². The Labute approximate surface area is 133 Å². The first-order valence-corrected chi connectivity index (χ1v) is 7.23. The van der Waals surface area contributed by atoms with Crippen LogP contribution in [-0.4, -0.2) is 33.4 Å². The van der Waals surface area contributed by atoms with Gasteiger partial charge in [-0.25, -0.2) is 0 Å². The molecule has 0 atom stereocenters. The molecule has 7 heteroatoms. The van der Waals surface area contributed by atoms with Crippen LogP contribution in [0.1, 0.15) is 24.2 Å². The molecule has 0 aliphatic carbocycles. The van der Waals surface area contributed by atoms with Crippen molar-refractivity contribution in [3.05, 3.63) is 42.1 Å². The van der Waals surface area contributed by atoms with Gasteiger partial charge < -0.3 is 15.2 Å². The highest BCUT2D eigenvalue weighted by atomic mass is 16.5. The lowest BCUT2D eigenvalue weighted by Crippen LogP contribution is -2.14. The highest BCUT2D eigenvalue weighted by molar-refractivity contribution is 6.03. The molecule has 0 saturated carbocycles. The number of aromatic nitrogens is 2. The Hall–Kier alpha value is -2.83. The molecule has 0 saturated heterocycles. The summed E-state index contributed by atoms with van der Waals surface area (Å²) < 4.78 is 6.79. The Morgan fingerprint density at radius 1 is 1.26 bits per heavy atom. The molecule has 2 rings (SSSR count). The zero-order valence-electron chi connectivity index (χ0n) is 13.0. The Balaban J connectivity index is 1.95. The first-order valence-electron chi connectivity index (χ1n) is 7.23. The summed E-state index contributed by atoms with van der Waals surface area (Å²) in [4.78, 5) is 22.7. The minimum atomic E-state index is -0.997. The van der Waals surface area contributed by atoms with Gasteiger partial charge >= 0.3 is 5.97 Å². The number of hydrogen-bond acceptors (Lipinski definition) is 4. The molecule has 2 N–H and O–H groups in total. The summed E-state index contributed by atoms with van der Waals surface area (Å²) >= 11 is 0. The van der Waals surface area contributed by atoms with Crippen LogP contribution >= 0.6 is 0 Å². The third-order valence-electron chi connectivity index (χ3n) is 2.88. The standard InChI is InChI=1S/C16H19N3O4/c1-11(2)10-23-13-5-3-12(4-6-13)16(22)17-14-7-8-19(18-14)9-15(20)21/h3-8,11H,9-10H2,1-2H3,(H,20,21)(H,17,18,22). The molecular weight excluding hydrogens is 298 g/mol. The summed E-state index contributed by atoms with van der Waals surface area (Å²) in [7, 11) is 0. The van der Waals surface area contributed by atoms with E-state index >= 15 is 0 Å². The second kappa shape index (κ2) is 7.44. The van der Waals surface area contributed by atoms with Gasteiger partial charge in [0.1, 0.15) is 12.3 Å². The van der Waals surface area contributed by atoms with Crippen molar-refractivity contribution in [2.45, 2.75) is 20.4 Å². The van der Waals surface area contributed by atoms with Crippen LogP contribution in [0.5, 0.6) is 5.75 Å². The molecule has 0 aliphatic rings. The van der Waals surface area contributed by atoms with E-state index in [4.69, 9.17) is 9.84 Å². The number of ether oxygens (including phenoxy) is 1. The number of nitrogens with one attached hydrogen (secondary N) is 1. The Kier molecular flexibility index (Phi) is 5.35.